The summed E-state index contributed by atoms with van der Waals surface area (Å²) < 4.78 is 53.0. The molecule has 10 nitrogen and oxygen atoms in total. The molecule has 58 heavy (non-hydrogen) atoms. The topological polar surface area (TPSA) is 118 Å². The van der Waals surface area contributed by atoms with Gasteiger partial charge in [0.15, 0.2) is 0 Å². The van der Waals surface area contributed by atoms with Crippen LogP contribution in [0.3, 0.4) is 0 Å². The van der Waals surface area contributed by atoms with Crippen LogP contribution in [0, 0.1) is 11.6 Å². The second kappa shape index (κ2) is 17.2. The average molecular weight is 822 g/mol. The van der Waals surface area contributed by atoms with Crippen molar-refractivity contribution in [2.24, 2.45) is 0 Å². The number of fused-ring (bicyclic) bond motifs is 4. The number of unbranched alkanes of at least 4 members (excludes halogenated alkanes) is 4. The molecule has 3 atom stereocenters. The predicted octanol–water partition coefficient (Wildman–Crippen LogP) is 8.07. The number of aromatic hydroxyl groups is 1. The monoisotopic (exact) mass is 821 g/mol. The Morgan fingerprint density at radius 3 is 2.43 bits per heavy atom. The summed E-state index contributed by atoms with van der Waals surface area (Å²) in [6.07, 6.45) is 5.09. The average Bonchev–Trinajstić information content (AvgIpc) is 3.70. The van der Waals surface area contributed by atoms with Crippen molar-refractivity contribution in [3.8, 4) is 11.5 Å². The summed E-state index contributed by atoms with van der Waals surface area (Å²) in [6, 6.07) is 11.8. The Hall–Kier alpha value is -4.75. The van der Waals surface area contributed by atoms with E-state index in [1.165, 1.54) is 30.9 Å². The lowest BCUT2D eigenvalue weighted by Gasteiger charge is -2.43. The van der Waals surface area contributed by atoms with Gasteiger partial charge < -0.3 is 24.6 Å². The first-order chi connectivity index (χ1) is 27.8. The molecule has 1 aromatic heterocycles. The van der Waals surface area contributed by atoms with E-state index in [4.69, 9.17) is 16.3 Å². The number of nitrogens with zero attached hydrogens (tertiary/aromatic N) is 3. The van der Waals surface area contributed by atoms with Crippen LogP contribution >= 0.6 is 11.6 Å². The zero-order valence-corrected chi connectivity index (χ0v) is 33.9. The van der Waals surface area contributed by atoms with Crippen LogP contribution in [0.5, 0.6) is 11.5 Å². The number of amides is 3. The Morgan fingerprint density at radius 1 is 0.983 bits per heavy atom. The lowest BCUT2D eigenvalue weighted by Crippen LogP contribution is -2.52. The summed E-state index contributed by atoms with van der Waals surface area (Å²) in [5, 5.41) is 14.6. The minimum absolute atomic E-state index is 0.00120. The Balaban J connectivity index is 0.923. The van der Waals surface area contributed by atoms with E-state index in [1.54, 1.807) is 12.1 Å². The highest BCUT2D eigenvalue weighted by molar-refractivity contribution is 6.18. The van der Waals surface area contributed by atoms with Crippen molar-refractivity contribution in [1.82, 2.24) is 20.1 Å². The number of para-hydroxylation sites is 1. The van der Waals surface area contributed by atoms with Crippen LogP contribution in [-0.2, 0) is 22.6 Å². The molecule has 3 amide bonds. The van der Waals surface area contributed by atoms with Gasteiger partial charge in [-0.25, -0.2) is 13.2 Å². The number of carbonyl (C=O) groups excluding carboxylic acids is 3. The van der Waals surface area contributed by atoms with Crippen LogP contribution in [0.1, 0.15) is 105 Å². The van der Waals surface area contributed by atoms with Crippen LogP contribution in [0.4, 0.5) is 18.9 Å². The highest BCUT2D eigenvalue weighted by Crippen LogP contribution is 2.44. The lowest BCUT2D eigenvalue weighted by atomic mass is 9.87. The normalized spacial score (nSPS) is 19.7. The quantitative estimate of drug-likeness (QED) is 0.0595. The van der Waals surface area contributed by atoms with Crippen LogP contribution in [-0.4, -0.2) is 87.5 Å². The molecule has 4 heterocycles. The first-order valence-electron chi connectivity index (χ1n) is 20.2. The maximum Gasteiger partial charge on any atom is 0.255 e. The van der Waals surface area contributed by atoms with Crippen molar-refractivity contribution in [2.45, 2.75) is 102 Å². The second-order valence-electron chi connectivity index (χ2n) is 16.4. The summed E-state index contributed by atoms with van der Waals surface area (Å²) in [7, 11) is 0. The molecule has 3 aromatic carbocycles. The number of phenolic OH excluding ortho intramolecular Hbond substituents is 1. The highest BCUT2D eigenvalue weighted by Gasteiger charge is 2.42. The van der Waals surface area contributed by atoms with Crippen LogP contribution in [0.15, 0.2) is 48.5 Å². The first kappa shape index (κ1) is 41.4. The molecule has 7 rings (SSSR count). The lowest BCUT2D eigenvalue weighted by molar-refractivity contribution is -0.136. The number of aromatic nitrogens is 1. The number of carbonyl (C=O) groups is 3. The molecule has 1 saturated heterocycles. The van der Waals surface area contributed by atoms with Gasteiger partial charge in [-0.3, -0.25) is 24.6 Å². The number of hydrogen-bond acceptors (Lipinski definition) is 7. The van der Waals surface area contributed by atoms with Gasteiger partial charge in [0.05, 0.1) is 24.9 Å². The summed E-state index contributed by atoms with van der Waals surface area (Å²) >= 11 is 6.14. The Labute approximate surface area is 341 Å². The summed E-state index contributed by atoms with van der Waals surface area (Å²) in [5.74, 6) is -2.29. The van der Waals surface area contributed by atoms with Gasteiger partial charge in [0.2, 0.25) is 11.8 Å². The van der Waals surface area contributed by atoms with Crippen molar-refractivity contribution < 1.29 is 37.4 Å². The van der Waals surface area contributed by atoms with Crippen LogP contribution in [0.25, 0.3) is 10.9 Å². The van der Waals surface area contributed by atoms with Crippen molar-refractivity contribution in [3.05, 3.63) is 88.1 Å². The fourth-order valence-electron chi connectivity index (χ4n) is 8.85. The number of piperidine rings is 1. The van der Waals surface area contributed by atoms with E-state index in [0.29, 0.717) is 54.3 Å². The molecule has 0 bridgehead atoms. The number of imide groups is 1. The fraction of sp³-hybridized carbons (Fsp3) is 0.477. The maximum atomic E-state index is 16.0. The smallest absolute Gasteiger partial charge is 0.255 e. The van der Waals surface area contributed by atoms with E-state index in [0.717, 1.165) is 42.1 Å². The van der Waals surface area contributed by atoms with Gasteiger partial charge in [-0.1, -0.05) is 37.5 Å². The number of H-pyrrole nitrogens is 1. The van der Waals surface area contributed by atoms with Crippen LogP contribution < -0.4 is 15.0 Å². The van der Waals surface area contributed by atoms with Gasteiger partial charge in [-0.2, -0.15) is 0 Å². The standard InChI is InChI=1S/C44H51ClF3N5O5/c1-26-21-30-28-11-7-8-12-34(28)49-39(30)40(53(26)25-44(2,3)48)38-32(46)22-27(23-33(38)47)58-20-10-6-4-5-9-18-51(19-17-45)35-14-13-29-31(41(35)55)24-52(43(29)57)36-15-16-37(54)50-42(36)56/h7-8,11-14,22-23,26,36,40,49,55H,4-6,9-10,15-21,24-25H2,1-3H3,(H,50,54,56)/t26-,36?,40-/m1/s1. The number of halogens is 4. The van der Waals surface area contributed by atoms with Crippen molar-refractivity contribution in [3.63, 3.8) is 0 Å². The molecule has 3 aliphatic heterocycles. The predicted molar refractivity (Wildman–Crippen MR) is 217 cm³/mol. The molecule has 0 aliphatic carbocycles. The van der Waals surface area contributed by atoms with Crippen LogP contribution in [0.2, 0.25) is 0 Å². The molecule has 0 spiro atoms. The molecule has 0 radical (unpaired) electrons. The highest BCUT2D eigenvalue weighted by atomic mass is 35.5. The third-order valence-corrected chi connectivity index (χ3v) is 11.8. The second-order valence-corrected chi connectivity index (χ2v) is 16.7. The van der Waals surface area contributed by atoms with E-state index >= 15 is 13.2 Å². The zero-order chi connectivity index (χ0) is 41.3. The number of phenols is 1. The number of ether oxygens (including phenoxy) is 1. The fourth-order valence-corrected chi connectivity index (χ4v) is 9.06. The Kier molecular flexibility index (Phi) is 12.3. The third kappa shape index (κ3) is 8.52. The van der Waals surface area contributed by atoms with Gasteiger partial charge >= 0.3 is 0 Å². The number of hydrogen-bond donors (Lipinski definition) is 3. The number of alkyl halides is 2. The Bertz CT molecular complexity index is 2170. The molecule has 14 heteroatoms. The van der Waals surface area contributed by atoms with Crippen molar-refractivity contribution >= 4 is 45.9 Å². The Morgan fingerprint density at radius 2 is 1.71 bits per heavy atom. The van der Waals surface area contributed by atoms with Crippen molar-refractivity contribution in [2.75, 3.05) is 37.0 Å². The molecular formula is C44H51ClF3N5O5. The summed E-state index contributed by atoms with van der Waals surface area (Å²) in [6.45, 7) is 6.37. The minimum Gasteiger partial charge on any atom is -0.505 e. The first-order valence-corrected chi connectivity index (χ1v) is 20.8. The van der Waals surface area contributed by atoms with Crippen molar-refractivity contribution in [1.29, 1.82) is 0 Å². The molecule has 1 fully saturated rings. The van der Waals surface area contributed by atoms with Gasteiger partial charge in [0.25, 0.3) is 5.91 Å². The van der Waals surface area contributed by atoms with Gasteiger partial charge in [0.1, 0.15) is 34.8 Å². The molecule has 3 aliphatic rings. The third-order valence-electron chi connectivity index (χ3n) is 11.6. The van der Waals surface area contributed by atoms with Gasteiger partial charge in [-0.05, 0) is 70.2 Å². The van der Waals surface area contributed by atoms with E-state index < -0.39 is 35.3 Å². The van der Waals surface area contributed by atoms with Gasteiger partial charge in [-0.15, -0.1) is 11.6 Å². The molecule has 4 aromatic rings. The largest absolute Gasteiger partial charge is 0.505 e. The summed E-state index contributed by atoms with van der Waals surface area (Å²) in [4.78, 5) is 45.9. The van der Waals surface area contributed by atoms with E-state index in [-0.39, 0.29) is 67.5 Å². The number of anilines is 1. The number of rotatable bonds is 16. The molecular weight excluding hydrogens is 771 g/mol. The number of benzene rings is 3. The molecule has 310 valence electrons. The molecule has 0 saturated carbocycles. The molecule has 1 unspecified atom stereocenters. The SMILES string of the molecule is C[C@@H]1Cc2c([nH]c3ccccc23)[C@@H](c2c(F)cc(OCCCCCCCN(CCCl)c3ccc4c(c3O)CN(C3CCC(=O)NC3=O)C4=O)cc2F)N1CC(C)(C)F. The maximum absolute atomic E-state index is 16.0. The molecule has 3 N–H and O–H groups in total. The number of nitrogens with one attached hydrogen (secondary N) is 2. The number of aromatic amines is 1. The zero-order valence-electron chi connectivity index (χ0n) is 33.2. The summed E-state index contributed by atoms with van der Waals surface area (Å²) in [5.41, 5.74) is 2.19. The van der Waals surface area contributed by atoms with E-state index in [1.807, 2.05) is 41.0 Å². The van der Waals surface area contributed by atoms with Gasteiger partial charge in [0, 0.05) is 83.4 Å². The van der Waals surface area contributed by atoms with E-state index in [9.17, 15) is 19.5 Å². The van der Waals surface area contributed by atoms with E-state index in [2.05, 4.69) is 10.3 Å². The minimum atomic E-state index is -1.59.